The standard InChI is InChI=1S/C19H19ClN4/c1-14-12-18(23-17-9-5-8-16(20)13-17)24-19(22-14)21-11-10-15-6-3-2-4-7-15/h2-9,12-13H,10-11H2,1H3,(H2,21,22,23,24). The van der Waals surface area contributed by atoms with E-state index >= 15 is 0 Å². The molecule has 2 aromatic carbocycles. The number of nitrogens with one attached hydrogen (secondary N) is 2. The second-order valence-corrected chi connectivity index (χ2v) is 5.95. The lowest BCUT2D eigenvalue weighted by molar-refractivity contribution is 0.976. The zero-order valence-electron chi connectivity index (χ0n) is 13.5. The smallest absolute Gasteiger partial charge is 0.224 e. The molecule has 1 heterocycles. The predicted molar refractivity (Wildman–Crippen MR) is 100 cm³/mol. The van der Waals surface area contributed by atoms with Gasteiger partial charge in [0.1, 0.15) is 5.82 Å². The van der Waals surface area contributed by atoms with Gasteiger partial charge in [-0.15, -0.1) is 0 Å². The summed E-state index contributed by atoms with van der Waals surface area (Å²) in [6.45, 7) is 2.73. The Bertz CT molecular complexity index is 805. The molecular weight excluding hydrogens is 320 g/mol. The van der Waals surface area contributed by atoms with Crippen LogP contribution in [0.15, 0.2) is 60.7 Å². The number of aromatic nitrogens is 2. The van der Waals surface area contributed by atoms with E-state index in [2.05, 4.69) is 32.7 Å². The number of nitrogens with zero attached hydrogens (tertiary/aromatic N) is 2. The van der Waals surface area contributed by atoms with Gasteiger partial charge in [0.25, 0.3) is 0 Å². The van der Waals surface area contributed by atoms with Crippen molar-refractivity contribution in [2.24, 2.45) is 0 Å². The maximum atomic E-state index is 6.02. The van der Waals surface area contributed by atoms with Gasteiger partial charge in [-0.1, -0.05) is 48.0 Å². The van der Waals surface area contributed by atoms with Crippen LogP contribution in [0.3, 0.4) is 0 Å². The highest BCUT2D eigenvalue weighted by Gasteiger charge is 2.03. The molecule has 0 aliphatic heterocycles. The largest absolute Gasteiger partial charge is 0.354 e. The minimum atomic E-state index is 0.621. The van der Waals surface area contributed by atoms with Crippen molar-refractivity contribution in [3.8, 4) is 0 Å². The van der Waals surface area contributed by atoms with Crippen LogP contribution >= 0.6 is 11.6 Å². The van der Waals surface area contributed by atoms with Gasteiger partial charge in [-0.2, -0.15) is 4.98 Å². The molecule has 2 N–H and O–H groups in total. The molecule has 3 aromatic rings. The minimum Gasteiger partial charge on any atom is -0.354 e. The van der Waals surface area contributed by atoms with Crippen molar-refractivity contribution in [2.75, 3.05) is 17.2 Å². The third kappa shape index (κ3) is 4.70. The van der Waals surface area contributed by atoms with Gasteiger partial charge in [0, 0.05) is 29.0 Å². The van der Waals surface area contributed by atoms with Crippen LogP contribution in [-0.2, 0) is 6.42 Å². The first-order valence-electron chi connectivity index (χ1n) is 7.85. The van der Waals surface area contributed by atoms with E-state index in [1.807, 2.05) is 55.5 Å². The van der Waals surface area contributed by atoms with Gasteiger partial charge in [-0.05, 0) is 37.1 Å². The zero-order chi connectivity index (χ0) is 16.8. The minimum absolute atomic E-state index is 0.621. The molecule has 0 bridgehead atoms. The SMILES string of the molecule is Cc1cc(Nc2cccc(Cl)c2)nc(NCCc2ccccc2)n1. The Labute approximate surface area is 146 Å². The highest BCUT2D eigenvalue weighted by Crippen LogP contribution is 2.20. The summed E-state index contributed by atoms with van der Waals surface area (Å²) in [4.78, 5) is 8.95. The molecule has 0 saturated heterocycles. The Morgan fingerprint density at radius 3 is 2.58 bits per heavy atom. The van der Waals surface area contributed by atoms with E-state index in [0.717, 1.165) is 30.2 Å². The third-order valence-electron chi connectivity index (χ3n) is 3.49. The van der Waals surface area contributed by atoms with Crippen LogP contribution < -0.4 is 10.6 Å². The second kappa shape index (κ2) is 7.79. The monoisotopic (exact) mass is 338 g/mol. The van der Waals surface area contributed by atoms with Gasteiger partial charge < -0.3 is 10.6 Å². The molecule has 0 fully saturated rings. The average molecular weight is 339 g/mol. The van der Waals surface area contributed by atoms with E-state index in [1.54, 1.807) is 0 Å². The molecule has 122 valence electrons. The molecule has 3 rings (SSSR count). The molecule has 0 aliphatic rings. The van der Waals surface area contributed by atoms with Crippen LogP contribution in [0, 0.1) is 6.92 Å². The molecule has 0 atom stereocenters. The molecule has 0 saturated carbocycles. The quantitative estimate of drug-likeness (QED) is 0.675. The van der Waals surface area contributed by atoms with E-state index in [-0.39, 0.29) is 0 Å². The Kier molecular flexibility index (Phi) is 5.29. The number of benzene rings is 2. The first-order valence-corrected chi connectivity index (χ1v) is 8.23. The van der Waals surface area contributed by atoms with Gasteiger partial charge in [0.15, 0.2) is 0 Å². The number of aryl methyl sites for hydroxylation is 1. The van der Waals surface area contributed by atoms with Gasteiger partial charge in [0.05, 0.1) is 0 Å². The highest BCUT2D eigenvalue weighted by molar-refractivity contribution is 6.30. The predicted octanol–water partition coefficient (Wildman–Crippen LogP) is 4.84. The summed E-state index contributed by atoms with van der Waals surface area (Å²) in [5.74, 6) is 1.36. The van der Waals surface area contributed by atoms with Crippen LogP contribution in [0.1, 0.15) is 11.3 Å². The van der Waals surface area contributed by atoms with Crippen LogP contribution in [0.2, 0.25) is 5.02 Å². The van der Waals surface area contributed by atoms with E-state index in [0.29, 0.717) is 11.0 Å². The number of rotatable bonds is 6. The summed E-state index contributed by atoms with van der Waals surface area (Å²) in [5, 5.41) is 7.23. The summed E-state index contributed by atoms with van der Waals surface area (Å²) >= 11 is 6.02. The molecule has 0 aliphatic carbocycles. The summed E-state index contributed by atoms with van der Waals surface area (Å²) in [6.07, 6.45) is 0.926. The lowest BCUT2D eigenvalue weighted by Crippen LogP contribution is -2.09. The lowest BCUT2D eigenvalue weighted by atomic mass is 10.1. The van der Waals surface area contributed by atoms with E-state index in [9.17, 15) is 0 Å². The maximum absolute atomic E-state index is 6.02. The van der Waals surface area contributed by atoms with Crippen LogP contribution in [-0.4, -0.2) is 16.5 Å². The number of hydrogen-bond acceptors (Lipinski definition) is 4. The van der Waals surface area contributed by atoms with Crippen molar-refractivity contribution in [2.45, 2.75) is 13.3 Å². The topological polar surface area (TPSA) is 49.8 Å². The van der Waals surface area contributed by atoms with E-state index in [1.165, 1.54) is 5.56 Å². The fourth-order valence-corrected chi connectivity index (χ4v) is 2.58. The molecule has 5 heteroatoms. The van der Waals surface area contributed by atoms with Crippen LogP contribution in [0.4, 0.5) is 17.5 Å². The molecule has 24 heavy (non-hydrogen) atoms. The number of anilines is 3. The molecular formula is C19H19ClN4. The molecule has 1 aromatic heterocycles. The number of halogens is 1. The van der Waals surface area contributed by atoms with Crippen molar-refractivity contribution >= 4 is 29.1 Å². The second-order valence-electron chi connectivity index (χ2n) is 5.52. The first-order chi connectivity index (χ1) is 11.7. The van der Waals surface area contributed by atoms with Crippen molar-refractivity contribution in [1.82, 2.24) is 9.97 Å². The molecule has 4 nitrogen and oxygen atoms in total. The first kappa shape index (κ1) is 16.3. The Hall–Kier alpha value is -2.59. The lowest BCUT2D eigenvalue weighted by Gasteiger charge is -2.10. The average Bonchev–Trinajstić information content (AvgIpc) is 2.55. The van der Waals surface area contributed by atoms with Crippen molar-refractivity contribution in [3.63, 3.8) is 0 Å². The molecule has 0 spiro atoms. The maximum Gasteiger partial charge on any atom is 0.224 e. The summed E-state index contributed by atoms with van der Waals surface area (Å²) in [6, 6.07) is 19.8. The normalized spacial score (nSPS) is 10.4. The van der Waals surface area contributed by atoms with E-state index < -0.39 is 0 Å². The molecule has 0 unspecified atom stereocenters. The van der Waals surface area contributed by atoms with Gasteiger partial charge in [0.2, 0.25) is 5.95 Å². The Morgan fingerprint density at radius 1 is 0.958 bits per heavy atom. The van der Waals surface area contributed by atoms with Crippen molar-refractivity contribution < 1.29 is 0 Å². The Balaban J connectivity index is 1.65. The summed E-state index contributed by atoms with van der Waals surface area (Å²) in [5.41, 5.74) is 3.09. The van der Waals surface area contributed by atoms with Gasteiger partial charge in [-0.25, -0.2) is 4.98 Å². The van der Waals surface area contributed by atoms with Crippen LogP contribution in [0.5, 0.6) is 0 Å². The summed E-state index contributed by atoms with van der Waals surface area (Å²) in [7, 11) is 0. The van der Waals surface area contributed by atoms with Crippen molar-refractivity contribution in [1.29, 1.82) is 0 Å². The fraction of sp³-hybridized carbons (Fsp3) is 0.158. The van der Waals surface area contributed by atoms with Gasteiger partial charge in [-0.3, -0.25) is 0 Å². The van der Waals surface area contributed by atoms with Crippen molar-refractivity contribution in [3.05, 3.63) is 76.9 Å². The Morgan fingerprint density at radius 2 is 1.79 bits per heavy atom. The van der Waals surface area contributed by atoms with Gasteiger partial charge >= 0.3 is 0 Å². The fourth-order valence-electron chi connectivity index (χ4n) is 2.39. The molecule has 0 radical (unpaired) electrons. The van der Waals surface area contributed by atoms with E-state index in [4.69, 9.17) is 11.6 Å². The third-order valence-corrected chi connectivity index (χ3v) is 3.73. The molecule has 0 amide bonds. The zero-order valence-corrected chi connectivity index (χ0v) is 14.2. The van der Waals surface area contributed by atoms with Crippen LogP contribution in [0.25, 0.3) is 0 Å². The number of hydrogen-bond donors (Lipinski definition) is 2. The highest BCUT2D eigenvalue weighted by atomic mass is 35.5. The summed E-state index contributed by atoms with van der Waals surface area (Å²) < 4.78 is 0.